The predicted octanol–water partition coefficient (Wildman–Crippen LogP) is 2.70. The molecule has 0 spiro atoms. The Hall–Kier alpha value is -3.68. The van der Waals surface area contributed by atoms with Crippen molar-refractivity contribution in [3.63, 3.8) is 0 Å². The lowest BCUT2D eigenvalue weighted by molar-refractivity contribution is 0.649. The van der Waals surface area contributed by atoms with E-state index in [4.69, 9.17) is 4.98 Å². The molecular weight excluding hydrogens is 376 g/mol. The quantitative estimate of drug-likeness (QED) is 0.552. The van der Waals surface area contributed by atoms with E-state index in [1.165, 1.54) is 5.69 Å². The summed E-state index contributed by atoms with van der Waals surface area (Å²) >= 11 is 0. The van der Waals surface area contributed by atoms with Crippen molar-refractivity contribution in [2.24, 2.45) is 7.05 Å². The zero-order valence-electron chi connectivity index (χ0n) is 16.9. The van der Waals surface area contributed by atoms with E-state index >= 15 is 0 Å². The predicted molar refractivity (Wildman–Crippen MR) is 119 cm³/mol. The molecule has 1 saturated heterocycles. The maximum Gasteiger partial charge on any atom is 0.227 e. The van der Waals surface area contributed by atoms with Crippen molar-refractivity contribution in [1.29, 1.82) is 0 Å². The highest BCUT2D eigenvalue weighted by atomic mass is 15.3. The Kier molecular flexibility index (Phi) is 4.88. The SMILES string of the molecule is Cn1ncc2c(N3CCN(c4ccccc4)CC3)nc(NCc3ccccn3)nc21. The summed E-state index contributed by atoms with van der Waals surface area (Å²) in [6, 6.07) is 16.4. The summed E-state index contributed by atoms with van der Waals surface area (Å²) in [6.45, 7) is 4.27. The van der Waals surface area contributed by atoms with Gasteiger partial charge in [0.05, 0.1) is 23.8 Å². The number of pyridine rings is 1. The van der Waals surface area contributed by atoms with E-state index in [1.807, 2.05) is 31.4 Å². The van der Waals surface area contributed by atoms with Crippen molar-refractivity contribution in [1.82, 2.24) is 24.7 Å². The van der Waals surface area contributed by atoms with Gasteiger partial charge in [-0.2, -0.15) is 15.1 Å². The minimum atomic E-state index is 0.575. The maximum atomic E-state index is 4.85. The van der Waals surface area contributed by atoms with Gasteiger partial charge >= 0.3 is 0 Å². The van der Waals surface area contributed by atoms with Gasteiger partial charge in [-0.1, -0.05) is 24.3 Å². The van der Waals surface area contributed by atoms with Crippen LogP contribution < -0.4 is 15.1 Å². The van der Waals surface area contributed by atoms with Crippen LogP contribution in [0.2, 0.25) is 0 Å². The lowest BCUT2D eigenvalue weighted by Gasteiger charge is -2.37. The van der Waals surface area contributed by atoms with Crippen molar-refractivity contribution in [2.45, 2.75) is 6.54 Å². The van der Waals surface area contributed by atoms with Gasteiger partial charge in [0.25, 0.3) is 0 Å². The van der Waals surface area contributed by atoms with E-state index in [0.717, 1.165) is 48.7 Å². The van der Waals surface area contributed by atoms with E-state index < -0.39 is 0 Å². The van der Waals surface area contributed by atoms with Gasteiger partial charge < -0.3 is 15.1 Å². The lowest BCUT2D eigenvalue weighted by atomic mass is 10.2. The molecule has 0 radical (unpaired) electrons. The summed E-state index contributed by atoms with van der Waals surface area (Å²) in [5.41, 5.74) is 3.04. The van der Waals surface area contributed by atoms with Crippen LogP contribution in [0.4, 0.5) is 17.5 Å². The first-order valence-corrected chi connectivity index (χ1v) is 10.2. The van der Waals surface area contributed by atoms with Crippen LogP contribution >= 0.6 is 0 Å². The zero-order valence-corrected chi connectivity index (χ0v) is 16.9. The summed E-state index contributed by atoms with van der Waals surface area (Å²) in [7, 11) is 1.91. The molecule has 1 aliphatic rings. The number of nitrogens with zero attached hydrogens (tertiary/aromatic N) is 7. The van der Waals surface area contributed by atoms with Crippen molar-refractivity contribution >= 4 is 28.5 Å². The molecule has 5 rings (SSSR count). The maximum absolute atomic E-state index is 4.85. The Morgan fingerprint density at radius 3 is 2.43 bits per heavy atom. The van der Waals surface area contributed by atoms with Gasteiger partial charge in [-0.15, -0.1) is 0 Å². The van der Waals surface area contributed by atoms with Crippen molar-refractivity contribution in [3.8, 4) is 0 Å². The van der Waals surface area contributed by atoms with Crippen LogP contribution in [0.15, 0.2) is 60.9 Å². The molecule has 1 aromatic carbocycles. The Balaban J connectivity index is 1.38. The monoisotopic (exact) mass is 400 g/mol. The van der Waals surface area contributed by atoms with Gasteiger partial charge in [-0.25, -0.2) is 0 Å². The number of piperazine rings is 1. The molecule has 0 saturated carbocycles. The summed E-state index contributed by atoms with van der Waals surface area (Å²) in [5, 5.41) is 8.71. The average molecular weight is 400 g/mol. The van der Waals surface area contributed by atoms with Gasteiger partial charge in [0.1, 0.15) is 5.82 Å². The summed E-state index contributed by atoms with van der Waals surface area (Å²) in [6.07, 6.45) is 3.65. The molecule has 0 amide bonds. The summed E-state index contributed by atoms with van der Waals surface area (Å²) < 4.78 is 1.80. The molecule has 0 bridgehead atoms. The molecule has 1 aliphatic heterocycles. The fourth-order valence-electron chi connectivity index (χ4n) is 3.81. The Labute approximate surface area is 175 Å². The zero-order chi connectivity index (χ0) is 20.3. The number of hydrogen-bond donors (Lipinski definition) is 1. The molecular formula is C22H24N8. The third-order valence-electron chi connectivity index (χ3n) is 5.43. The number of hydrogen-bond acceptors (Lipinski definition) is 7. The number of fused-ring (bicyclic) bond motifs is 1. The molecule has 1 fully saturated rings. The average Bonchev–Trinajstić information content (AvgIpc) is 3.19. The third-order valence-corrected chi connectivity index (χ3v) is 5.43. The molecule has 0 aliphatic carbocycles. The van der Waals surface area contributed by atoms with Crippen LogP contribution in [-0.2, 0) is 13.6 Å². The van der Waals surface area contributed by atoms with Gasteiger partial charge in [-0.3, -0.25) is 9.67 Å². The van der Waals surface area contributed by atoms with Crippen molar-refractivity contribution in [3.05, 3.63) is 66.6 Å². The van der Waals surface area contributed by atoms with Gasteiger partial charge in [0, 0.05) is 45.1 Å². The molecule has 30 heavy (non-hydrogen) atoms. The number of rotatable bonds is 5. The van der Waals surface area contributed by atoms with Gasteiger partial charge in [-0.05, 0) is 24.3 Å². The number of anilines is 3. The fraction of sp³-hybridized carbons (Fsp3) is 0.273. The Bertz CT molecular complexity index is 1120. The van der Waals surface area contributed by atoms with Gasteiger partial charge in [0.15, 0.2) is 5.65 Å². The van der Waals surface area contributed by atoms with Crippen LogP contribution in [-0.4, -0.2) is 50.9 Å². The van der Waals surface area contributed by atoms with Crippen molar-refractivity contribution < 1.29 is 0 Å². The highest BCUT2D eigenvalue weighted by Crippen LogP contribution is 2.27. The topological polar surface area (TPSA) is 75.0 Å². The molecule has 8 nitrogen and oxygen atoms in total. The number of aryl methyl sites for hydroxylation is 1. The fourth-order valence-corrected chi connectivity index (χ4v) is 3.81. The van der Waals surface area contributed by atoms with Crippen molar-refractivity contribution in [2.75, 3.05) is 41.3 Å². The lowest BCUT2D eigenvalue weighted by Crippen LogP contribution is -2.47. The number of benzene rings is 1. The minimum absolute atomic E-state index is 0.575. The third kappa shape index (κ3) is 3.63. The van der Waals surface area contributed by atoms with Crippen LogP contribution in [0.3, 0.4) is 0 Å². The molecule has 152 valence electrons. The molecule has 0 atom stereocenters. The van der Waals surface area contributed by atoms with Gasteiger partial charge in [0.2, 0.25) is 5.95 Å². The molecule has 1 N–H and O–H groups in total. The highest BCUT2D eigenvalue weighted by molar-refractivity contribution is 5.88. The smallest absolute Gasteiger partial charge is 0.227 e. The number of para-hydroxylation sites is 1. The van der Waals surface area contributed by atoms with E-state index in [0.29, 0.717) is 12.5 Å². The minimum Gasteiger partial charge on any atom is -0.368 e. The second-order valence-corrected chi connectivity index (χ2v) is 7.36. The van der Waals surface area contributed by atoms with E-state index in [-0.39, 0.29) is 0 Å². The molecule has 8 heteroatoms. The second-order valence-electron chi connectivity index (χ2n) is 7.36. The number of nitrogens with one attached hydrogen (secondary N) is 1. The first-order chi connectivity index (χ1) is 14.8. The Morgan fingerprint density at radius 1 is 0.900 bits per heavy atom. The van der Waals surface area contributed by atoms with Crippen LogP contribution in [0, 0.1) is 0 Å². The standard InChI is InChI=1S/C22H24N8/c1-28-20-19(16-25-28)21(27-22(26-20)24-15-17-7-5-6-10-23-17)30-13-11-29(12-14-30)18-8-3-2-4-9-18/h2-10,16H,11-15H2,1H3,(H,24,26,27). The molecule has 4 aromatic rings. The second kappa shape index (κ2) is 7.98. The summed E-state index contributed by atoms with van der Waals surface area (Å²) in [5.74, 6) is 1.53. The van der Waals surface area contributed by atoms with E-state index in [9.17, 15) is 0 Å². The molecule has 0 unspecified atom stereocenters. The number of aromatic nitrogens is 5. The molecule has 3 aromatic heterocycles. The van der Waals surface area contributed by atoms with Crippen LogP contribution in [0.1, 0.15) is 5.69 Å². The largest absolute Gasteiger partial charge is 0.368 e. The first-order valence-electron chi connectivity index (χ1n) is 10.2. The highest BCUT2D eigenvalue weighted by Gasteiger charge is 2.22. The molecule has 4 heterocycles. The van der Waals surface area contributed by atoms with E-state index in [2.05, 4.69) is 60.5 Å². The van der Waals surface area contributed by atoms with Crippen LogP contribution in [0.25, 0.3) is 11.0 Å². The van der Waals surface area contributed by atoms with E-state index in [1.54, 1.807) is 10.9 Å². The normalized spacial score (nSPS) is 14.3. The summed E-state index contributed by atoms with van der Waals surface area (Å²) in [4.78, 5) is 18.6. The Morgan fingerprint density at radius 2 is 1.67 bits per heavy atom. The first kappa shape index (κ1) is 18.4. The van der Waals surface area contributed by atoms with Crippen LogP contribution in [0.5, 0.6) is 0 Å².